The number of hydrogen-bond donors (Lipinski definition) is 1. The first-order chi connectivity index (χ1) is 10.5. The Morgan fingerprint density at radius 3 is 2.17 bits per heavy atom. The third-order valence-electron chi connectivity index (χ3n) is 5.31. The van der Waals surface area contributed by atoms with Crippen molar-refractivity contribution in [2.75, 3.05) is 5.32 Å². The molecule has 0 radical (unpaired) electrons. The van der Waals surface area contributed by atoms with E-state index in [4.69, 9.17) is 9.31 Å². The molecule has 6 heteroatoms. The van der Waals surface area contributed by atoms with Crippen molar-refractivity contribution in [3.05, 3.63) is 24.0 Å². The van der Waals surface area contributed by atoms with Crippen molar-refractivity contribution < 1.29 is 18.5 Å². The Hall–Kier alpha value is -1.40. The van der Waals surface area contributed by atoms with Crippen molar-refractivity contribution >= 4 is 24.2 Å². The SMILES string of the molecule is CC1(C(=O)Nc2ccc(B3OC(C)(C)C(C)(C)O3)c(F)c2)CC1. The molecule has 0 aromatic heterocycles. The standard InChI is InChI=1S/C17H23BFNO3/c1-15(2)16(3,4)23-18(22-15)12-7-6-11(10-13(12)19)20-14(21)17(5)8-9-17/h6-7,10H,8-9H2,1-5H3,(H,20,21). The number of hydrogen-bond acceptors (Lipinski definition) is 3. The van der Waals surface area contributed by atoms with E-state index < -0.39 is 24.1 Å². The van der Waals surface area contributed by atoms with E-state index in [1.165, 1.54) is 6.07 Å². The van der Waals surface area contributed by atoms with E-state index in [0.717, 1.165) is 12.8 Å². The molecular formula is C17H23BFNO3. The first-order valence-electron chi connectivity index (χ1n) is 8.01. The molecule has 124 valence electrons. The lowest BCUT2D eigenvalue weighted by atomic mass is 9.78. The number of anilines is 1. The first-order valence-corrected chi connectivity index (χ1v) is 8.01. The van der Waals surface area contributed by atoms with Crippen LogP contribution in [-0.2, 0) is 14.1 Å². The van der Waals surface area contributed by atoms with Gasteiger partial charge in [0.1, 0.15) is 5.82 Å². The Labute approximate surface area is 136 Å². The Morgan fingerprint density at radius 2 is 1.70 bits per heavy atom. The van der Waals surface area contributed by atoms with Crippen LogP contribution < -0.4 is 10.8 Å². The van der Waals surface area contributed by atoms with Crippen LogP contribution in [0.2, 0.25) is 0 Å². The van der Waals surface area contributed by atoms with Crippen molar-refractivity contribution in [3.63, 3.8) is 0 Å². The minimum Gasteiger partial charge on any atom is -0.399 e. The number of rotatable bonds is 3. The fraction of sp³-hybridized carbons (Fsp3) is 0.588. The van der Waals surface area contributed by atoms with Gasteiger partial charge in [0, 0.05) is 16.6 Å². The second kappa shape index (κ2) is 5.05. The number of halogens is 1. The summed E-state index contributed by atoms with van der Waals surface area (Å²) in [5.74, 6) is -0.498. The monoisotopic (exact) mass is 319 g/mol. The van der Waals surface area contributed by atoms with E-state index >= 15 is 0 Å². The van der Waals surface area contributed by atoms with Gasteiger partial charge in [-0.25, -0.2) is 4.39 Å². The molecule has 0 atom stereocenters. The molecule has 23 heavy (non-hydrogen) atoms. The van der Waals surface area contributed by atoms with Gasteiger partial charge in [0.15, 0.2) is 0 Å². The summed E-state index contributed by atoms with van der Waals surface area (Å²) in [5.41, 5.74) is -0.518. The molecule has 1 saturated carbocycles. The highest BCUT2D eigenvalue weighted by Gasteiger charge is 2.52. The highest BCUT2D eigenvalue weighted by molar-refractivity contribution is 6.62. The van der Waals surface area contributed by atoms with E-state index in [2.05, 4.69) is 5.32 Å². The van der Waals surface area contributed by atoms with Gasteiger partial charge in [-0.05, 0) is 52.7 Å². The lowest BCUT2D eigenvalue weighted by molar-refractivity contribution is -0.120. The van der Waals surface area contributed by atoms with Crippen molar-refractivity contribution in [1.29, 1.82) is 0 Å². The topological polar surface area (TPSA) is 47.6 Å². The van der Waals surface area contributed by atoms with Crippen LogP contribution in [0.15, 0.2) is 18.2 Å². The molecule has 1 aliphatic carbocycles. The van der Waals surface area contributed by atoms with Gasteiger partial charge < -0.3 is 14.6 Å². The molecule has 1 saturated heterocycles. The highest BCUT2D eigenvalue weighted by Crippen LogP contribution is 2.45. The smallest absolute Gasteiger partial charge is 0.399 e. The zero-order valence-electron chi connectivity index (χ0n) is 14.3. The van der Waals surface area contributed by atoms with Crippen molar-refractivity contribution in [2.45, 2.75) is 58.7 Å². The first kappa shape index (κ1) is 16.5. The average Bonchev–Trinajstić information content (AvgIpc) is 3.12. The predicted molar refractivity (Wildman–Crippen MR) is 88.1 cm³/mol. The molecule has 2 fully saturated rings. The van der Waals surface area contributed by atoms with Crippen LogP contribution >= 0.6 is 0 Å². The molecule has 1 heterocycles. The number of carbonyl (C=O) groups excluding carboxylic acids is 1. The van der Waals surface area contributed by atoms with Crippen molar-refractivity contribution in [1.82, 2.24) is 0 Å². The van der Waals surface area contributed by atoms with Crippen LogP contribution in [-0.4, -0.2) is 24.2 Å². The summed E-state index contributed by atoms with van der Waals surface area (Å²) < 4.78 is 26.2. The van der Waals surface area contributed by atoms with Gasteiger partial charge in [0.25, 0.3) is 0 Å². The summed E-state index contributed by atoms with van der Waals surface area (Å²) in [6.07, 6.45) is 1.76. The molecule has 2 aliphatic rings. The Kier molecular flexibility index (Phi) is 3.61. The van der Waals surface area contributed by atoms with Gasteiger partial charge in [-0.3, -0.25) is 4.79 Å². The molecule has 0 unspecified atom stereocenters. The second-order valence-electron chi connectivity index (χ2n) is 7.84. The van der Waals surface area contributed by atoms with Gasteiger partial charge in [0.05, 0.1) is 11.2 Å². The average molecular weight is 319 g/mol. The van der Waals surface area contributed by atoms with Crippen LogP contribution in [0.3, 0.4) is 0 Å². The van der Waals surface area contributed by atoms with Crippen LogP contribution in [0.1, 0.15) is 47.5 Å². The molecule has 1 aliphatic heterocycles. The molecular weight excluding hydrogens is 296 g/mol. The molecule has 1 amide bonds. The van der Waals surface area contributed by atoms with E-state index in [9.17, 15) is 9.18 Å². The Morgan fingerprint density at radius 1 is 1.13 bits per heavy atom. The fourth-order valence-corrected chi connectivity index (χ4v) is 2.46. The minimum absolute atomic E-state index is 0.0553. The number of carbonyl (C=O) groups is 1. The third-order valence-corrected chi connectivity index (χ3v) is 5.31. The Balaban J connectivity index is 1.77. The number of amides is 1. The van der Waals surface area contributed by atoms with Crippen LogP contribution in [0.5, 0.6) is 0 Å². The zero-order valence-corrected chi connectivity index (χ0v) is 14.3. The van der Waals surface area contributed by atoms with Crippen LogP contribution in [0.25, 0.3) is 0 Å². The summed E-state index contributed by atoms with van der Waals surface area (Å²) in [6, 6.07) is 4.62. The van der Waals surface area contributed by atoms with Gasteiger partial charge in [-0.15, -0.1) is 0 Å². The highest BCUT2D eigenvalue weighted by atomic mass is 19.1. The van der Waals surface area contributed by atoms with Gasteiger partial charge in [-0.2, -0.15) is 0 Å². The molecule has 1 aromatic carbocycles. The molecule has 0 bridgehead atoms. The van der Waals surface area contributed by atoms with E-state index in [0.29, 0.717) is 11.2 Å². The molecule has 3 rings (SSSR count). The van der Waals surface area contributed by atoms with Crippen molar-refractivity contribution in [3.8, 4) is 0 Å². The maximum Gasteiger partial charge on any atom is 0.497 e. The summed E-state index contributed by atoms with van der Waals surface area (Å²) in [5, 5.41) is 2.77. The summed E-state index contributed by atoms with van der Waals surface area (Å²) in [4.78, 5) is 12.0. The largest absolute Gasteiger partial charge is 0.497 e. The maximum atomic E-state index is 14.5. The zero-order chi connectivity index (χ0) is 17.0. The molecule has 0 spiro atoms. The Bertz CT molecular complexity index is 639. The fourth-order valence-electron chi connectivity index (χ4n) is 2.46. The van der Waals surface area contributed by atoms with E-state index in [1.807, 2.05) is 34.6 Å². The maximum absolute atomic E-state index is 14.5. The molecule has 1 aromatic rings. The van der Waals surface area contributed by atoms with Gasteiger partial charge in [0.2, 0.25) is 5.91 Å². The molecule has 1 N–H and O–H groups in total. The lowest BCUT2D eigenvalue weighted by Crippen LogP contribution is -2.41. The normalized spacial score (nSPS) is 23.7. The third kappa shape index (κ3) is 2.90. The lowest BCUT2D eigenvalue weighted by Gasteiger charge is -2.32. The number of benzene rings is 1. The second-order valence-corrected chi connectivity index (χ2v) is 7.84. The van der Waals surface area contributed by atoms with Gasteiger partial charge >= 0.3 is 7.12 Å². The number of nitrogens with one attached hydrogen (secondary N) is 1. The predicted octanol–water partition coefficient (Wildman–Crippen LogP) is 2.86. The van der Waals surface area contributed by atoms with Gasteiger partial charge in [-0.1, -0.05) is 13.0 Å². The quantitative estimate of drug-likeness (QED) is 0.872. The summed E-state index contributed by atoms with van der Waals surface area (Å²) in [7, 11) is -0.745. The van der Waals surface area contributed by atoms with Crippen LogP contribution in [0.4, 0.5) is 10.1 Å². The van der Waals surface area contributed by atoms with E-state index in [1.54, 1.807) is 12.1 Å². The van der Waals surface area contributed by atoms with Crippen LogP contribution in [0, 0.1) is 11.2 Å². The summed E-state index contributed by atoms with van der Waals surface area (Å²) in [6.45, 7) is 9.62. The van der Waals surface area contributed by atoms with E-state index in [-0.39, 0.29) is 11.3 Å². The molecule has 4 nitrogen and oxygen atoms in total. The summed E-state index contributed by atoms with van der Waals surface area (Å²) >= 11 is 0. The minimum atomic E-state index is -0.745. The van der Waals surface area contributed by atoms with Crippen molar-refractivity contribution in [2.24, 2.45) is 5.41 Å².